The molecule has 0 saturated heterocycles. The third-order valence-electron chi connectivity index (χ3n) is 2.50. The van der Waals surface area contributed by atoms with Crippen LogP contribution in [0.3, 0.4) is 0 Å². The van der Waals surface area contributed by atoms with Gasteiger partial charge in [-0.2, -0.15) is 0 Å². The number of rotatable bonds is 2. The molecule has 0 amide bonds. The number of pyridine rings is 2. The minimum absolute atomic E-state index is 0.956. The Labute approximate surface area is 104 Å². The van der Waals surface area contributed by atoms with Crippen molar-refractivity contribution in [1.29, 1.82) is 0 Å². The molecule has 3 rings (SSSR count). The maximum absolute atomic E-state index is 4.47. The second kappa shape index (κ2) is 4.47. The highest BCUT2D eigenvalue weighted by molar-refractivity contribution is 7.13. The summed E-state index contributed by atoms with van der Waals surface area (Å²) >= 11 is 1.70. The van der Waals surface area contributed by atoms with E-state index in [4.69, 9.17) is 0 Å². The van der Waals surface area contributed by atoms with Crippen molar-refractivity contribution in [3.8, 4) is 21.8 Å². The predicted octanol–water partition coefficient (Wildman–Crippen LogP) is 3.87. The molecule has 0 bridgehead atoms. The van der Waals surface area contributed by atoms with Gasteiger partial charge in [0.1, 0.15) is 0 Å². The molecule has 0 fully saturated rings. The number of aromatic nitrogens is 2. The summed E-state index contributed by atoms with van der Waals surface area (Å²) in [5, 5.41) is 2.06. The second-order valence-electron chi connectivity index (χ2n) is 3.62. The van der Waals surface area contributed by atoms with Gasteiger partial charge >= 0.3 is 0 Å². The van der Waals surface area contributed by atoms with Crippen molar-refractivity contribution >= 4 is 11.3 Å². The number of nitrogens with zero attached hydrogens (tertiary/aromatic N) is 2. The summed E-state index contributed by atoms with van der Waals surface area (Å²) in [5.74, 6) is 0. The Kier molecular flexibility index (Phi) is 2.68. The van der Waals surface area contributed by atoms with Gasteiger partial charge in [-0.15, -0.1) is 11.3 Å². The van der Waals surface area contributed by atoms with E-state index in [0.717, 1.165) is 17.0 Å². The molecule has 0 aromatic carbocycles. The molecule has 3 heteroatoms. The summed E-state index contributed by atoms with van der Waals surface area (Å²) in [7, 11) is 0. The van der Waals surface area contributed by atoms with Crippen molar-refractivity contribution in [3.63, 3.8) is 0 Å². The molecule has 0 atom stereocenters. The normalized spacial score (nSPS) is 10.4. The summed E-state index contributed by atoms with van der Waals surface area (Å²) in [5.41, 5.74) is 3.02. The zero-order valence-corrected chi connectivity index (χ0v) is 9.89. The highest BCUT2D eigenvalue weighted by Crippen LogP contribution is 2.24. The van der Waals surface area contributed by atoms with Crippen LogP contribution in [-0.4, -0.2) is 9.97 Å². The molecule has 0 aliphatic heterocycles. The summed E-state index contributed by atoms with van der Waals surface area (Å²) in [6.45, 7) is 0. The zero-order chi connectivity index (χ0) is 11.5. The monoisotopic (exact) mass is 238 g/mol. The standard InChI is InChI=1S/C14H10N2S/c1-2-8-15-12(4-1)11-6-7-13(16-10-11)14-5-3-9-17-14/h1-10H. The Bertz CT molecular complexity index is 586. The van der Waals surface area contributed by atoms with Crippen LogP contribution in [0.4, 0.5) is 0 Å². The minimum Gasteiger partial charge on any atom is -0.256 e. The van der Waals surface area contributed by atoms with Crippen molar-refractivity contribution in [2.45, 2.75) is 0 Å². The molecule has 17 heavy (non-hydrogen) atoms. The van der Waals surface area contributed by atoms with E-state index in [0.29, 0.717) is 0 Å². The largest absolute Gasteiger partial charge is 0.256 e. The van der Waals surface area contributed by atoms with Gasteiger partial charge in [0.25, 0.3) is 0 Å². The van der Waals surface area contributed by atoms with Crippen LogP contribution >= 0.6 is 11.3 Å². The zero-order valence-electron chi connectivity index (χ0n) is 9.08. The molecule has 3 aromatic rings. The van der Waals surface area contributed by atoms with E-state index in [1.807, 2.05) is 36.5 Å². The second-order valence-corrected chi connectivity index (χ2v) is 4.57. The Morgan fingerprint density at radius 2 is 1.82 bits per heavy atom. The van der Waals surface area contributed by atoms with Gasteiger partial charge in [-0.25, -0.2) is 0 Å². The van der Waals surface area contributed by atoms with Crippen LogP contribution in [0.5, 0.6) is 0 Å². The average molecular weight is 238 g/mol. The average Bonchev–Trinajstić information content (AvgIpc) is 2.94. The topological polar surface area (TPSA) is 25.8 Å². The third kappa shape index (κ3) is 2.10. The molecule has 3 aromatic heterocycles. The molecule has 0 radical (unpaired) electrons. The molecule has 82 valence electrons. The quantitative estimate of drug-likeness (QED) is 0.677. The van der Waals surface area contributed by atoms with Crippen molar-refractivity contribution in [3.05, 3.63) is 60.2 Å². The smallest absolute Gasteiger partial charge is 0.0802 e. The van der Waals surface area contributed by atoms with Gasteiger partial charge in [0.2, 0.25) is 0 Å². The van der Waals surface area contributed by atoms with Gasteiger partial charge in [0.05, 0.1) is 16.3 Å². The third-order valence-corrected chi connectivity index (χ3v) is 3.39. The highest BCUT2D eigenvalue weighted by atomic mass is 32.1. The lowest BCUT2D eigenvalue weighted by molar-refractivity contribution is 1.28. The lowest BCUT2D eigenvalue weighted by atomic mass is 10.2. The fourth-order valence-corrected chi connectivity index (χ4v) is 2.35. The number of hydrogen-bond donors (Lipinski definition) is 0. The van der Waals surface area contributed by atoms with Crippen molar-refractivity contribution in [1.82, 2.24) is 9.97 Å². The van der Waals surface area contributed by atoms with Gasteiger partial charge in [0.15, 0.2) is 0 Å². The Hall–Kier alpha value is -2.00. The first-order chi connectivity index (χ1) is 8.43. The van der Waals surface area contributed by atoms with Crippen LogP contribution in [0.2, 0.25) is 0 Å². The summed E-state index contributed by atoms with van der Waals surface area (Å²) in [6.07, 6.45) is 3.67. The van der Waals surface area contributed by atoms with Crippen LogP contribution in [0.1, 0.15) is 0 Å². The maximum Gasteiger partial charge on any atom is 0.0802 e. The molecule has 0 saturated carbocycles. The van der Waals surface area contributed by atoms with E-state index < -0.39 is 0 Å². The van der Waals surface area contributed by atoms with Crippen LogP contribution in [0, 0.1) is 0 Å². The minimum atomic E-state index is 0.956. The van der Waals surface area contributed by atoms with Crippen LogP contribution in [-0.2, 0) is 0 Å². The summed E-state index contributed by atoms with van der Waals surface area (Å²) in [4.78, 5) is 9.96. The van der Waals surface area contributed by atoms with Crippen molar-refractivity contribution in [2.75, 3.05) is 0 Å². The Morgan fingerprint density at radius 3 is 2.47 bits per heavy atom. The van der Waals surface area contributed by atoms with Crippen LogP contribution < -0.4 is 0 Å². The van der Waals surface area contributed by atoms with E-state index in [2.05, 4.69) is 27.5 Å². The molecular weight excluding hydrogens is 228 g/mol. The molecule has 3 heterocycles. The molecule has 0 aliphatic rings. The lowest BCUT2D eigenvalue weighted by Gasteiger charge is -2.01. The SMILES string of the molecule is c1ccc(-c2ccc(-c3cccs3)nc2)nc1. The van der Waals surface area contributed by atoms with Gasteiger partial charge in [-0.1, -0.05) is 12.1 Å². The Morgan fingerprint density at radius 1 is 0.824 bits per heavy atom. The van der Waals surface area contributed by atoms with Gasteiger partial charge in [0, 0.05) is 18.0 Å². The summed E-state index contributed by atoms with van der Waals surface area (Å²) < 4.78 is 0. The fourth-order valence-electron chi connectivity index (χ4n) is 1.65. The van der Waals surface area contributed by atoms with E-state index in [-0.39, 0.29) is 0 Å². The lowest BCUT2D eigenvalue weighted by Crippen LogP contribution is -1.85. The van der Waals surface area contributed by atoms with Crippen molar-refractivity contribution in [2.24, 2.45) is 0 Å². The van der Waals surface area contributed by atoms with E-state index in [1.165, 1.54) is 4.88 Å². The molecule has 0 aliphatic carbocycles. The molecule has 2 nitrogen and oxygen atoms in total. The van der Waals surface area contributed by atoms with E-state index >= 15 is 0 Å². The number of hydrogen-bond acceptors (Lipinski definition) is 3. The molecule has 0 unspecified atom stereocenters. The van der Waals surface area contributed by atoms with Gasteiger partial charge in [-0.05, 0) is 35.7 Å². The fraction of sp³-hybridized carbons (Fsp3) is 0. The van der Waals surface area contributed by atoms with Gasteiger partial charge in [-0.3, -0.25) is 9.97 Å². The van der Waals surface area contributed by atoms with E-state index in [9.17, 15) is 0 Å². The first-order valence-electron chi connectivity index (χ1n) is 5.35. The first-order valence-corrected chi connectivity index (χ1v) is 6.23. The first kappa shape index (κ1) is 10.2. The van der Waals surface area contributed by atoms with Gasteiger partial charge < -0.3 is 0 Å². The van der Waals surface area contributed by atoms with Crippen LogP contribution in [0.25, 0.3) is 21.8 Å². The maximum atomic E-state index is 4.47. The van der Waals surface area contributed by atoms with E-state index in [1.54, 1.807) is 17.5 Å². The predicted molar refractivity (Wildman–Crippen MR) is 70.8 cm³/mol. The molecule has 0 spiro atoms. The van der Waals surface area contributed by atoms with Crippen LogP contribution in [0.15, 0.2) is 60.2 Å². The Balaban J connectivity index is 1.96. The highest BCUT2D eigenvalue weighted by Gasteiger charge is 2.02. The molecular formula is C14H10N2S. The van der Waals surface area contributed by atoms with Crippen molar-refractivity contribution < 1.29 is 0 Å². The number of thiophene rings is 1. The molecule has 0 N–H and O–H groups in total. The summed E-state index contributed by atoms with van der Waals surface area (Å²) in [6, 6.07) is 14.1.